The van der Waals surface area contributed by atoms with Crippen molar-refractivity contribution in [3.63, 3.8) is 0 Å². The minimum atomic E-state index is -0.390. The lowest BCUT2D eigenvalue weighted by Crippen LogP contribution is -2.17. The highest BCUT2D eigenvalue weighted by Crippen LogP contribution is 2.16. The van der Waals surface area contributed by atoms with Crippen LogP contribution in [0.1, 0.15) is 31.4 Å². The summed E-state index contributed by atoms with van der Waals surface area (Å²) in [5.74, 6) is 0.237. The third-order valence-corrected chi connectivity index (χ3v) is 4.15. The van der Waals surface area contributed by atoms with Gasteiger partial charge in [0.1, 0.15) is 16.4 Å². The van der Waals surface area contributed by atoms with Gasteiger partial charge in [0.15, 0.2) is 0 Å². The molecule has 25 heavy (non-hydrogen) atoms. The van der Waals surface area contributed by atoms with E-state index < -0.39 is 0 Å². The van der Waals surface area contributed by atoms with Gasteiger partial charge in [0.05, 0.1) is 18.0 Å². The predicted octanol–water partition coefficient (Wildman–Crippen LogP) is 3.63. The van der Waals surface area contributed by atoms with Crippen molar-refractivity contribution in [1.29, 1.82) is 0 Å². The Hall–Kier alpha value is -3.19. The fourth-order valence-corrected chi connectivity index (χ4v) is 2.62. The molecular weight excluding hydrogens is 340 g/mol. The topological polar surface area (TPSA) is 80.9 Å². The molecule has 6 nitrogen and oxygen atoms in total. The molecule has 0 atom stereocenters. The first-order valence-corrected chi connectivity index (χ1v) is 8.25. The van der Waals surface area contributed by atoms with E-state index in [4.69, 9.17) is 9.15 Å². The molecule has 1 N–H and O–H groups in total. The zero-order chi connectivity index (χ0) is 17.6. The van der Waals surface area contributed by atoms with Crippen molar-refractivity contribution >= 4 is 29.4 Å². The fraction of sp³-hybridized carbons (Fsp3) is 0.0556. The van der Waals surface area contributed by atoms with Gasteiger partial charge in [-0.1, -0.05) is 6.07 Å². The average molecular weight is 354 g/mol. The van der Waals surface area contributed by atoms with Gasteiger partial charge in [-0.25, -0.2) is 10.2 Å². The van der Waals surface area contributed by atoms with Crippen molar-refractivity contribution in [3.05, 3.63) is 75.9 Å². The van der Waals surface area contributed by atoms with Gasteiger partial charge in [0, 0.05) is 0 Å². The highest BCUT2D eigenvalue weighted by molar-refractivity contribution is 7.12. The Morgan fingerprint density at radius 2 is 2.00 bits per heavy atom. The molecule has 0 saturated carbocycles. The number of furan rings is 1. The molecule has 0 aliphatic heterocycles. The maximum Gasteiger partial charge on any atom is 0.353 e. The van der Waals surface area contributed by atoms with Gasteiger partial charge in [0.25, 0.3) is 5.91 Å². The molecule has 0 fully saturated rings. The number of carbonyl (C=O) groups excluding carboxylic acids is 2. The molecule has 0 saturated heterocycles. The second kappa shape index (κ2) is 7.59. The van der Waals surface area contributed by atoms with Crippen LogP contribution >= 0.6 is 11.3 Å². The van der Waals surface area contributed by atoms with Gasteiger partial charge >= 0.3 is 5.97 Å². The molecular formula is C18H14N2O4S. The first-order chi connectivity index (χ1) is 12.1. The van der Waals surface area contributed by atoms with Crippen molar-refractivity contribution in [2.45, 2.75) is 6.92 Å². The number of aryl methyl sites for hydroxylation is 1. The number of hydrogen-bond acceptors (Lipinski definition) is 6. The molecule has 3 rings (SSSR count). The standard InChI is InChI=1S/C18H14N2O4S/c1-12-15(8-9-23-12)17(21)20-19-11-13-4-6-14(7-5-13)24-18(22)16-3-2-10-25-16/h2-11H,1H3,(H,20,21). The zero-order valence-corrected chi connectivity index (χ0v) is 14.1. The Bertz CT molecular complexity index is 896. The van der Waals surface area contributed by atoms with Gasteiger partial charge in [-0.15, -0.1) is 11.3 Å². The summed E-state index contributed by atoms with van der Waals surface area (Å²) < 4.78 is 10.3. The molecule has 0 aliphatic rings. The molecule has 0 unspecified atom stereocenters. The maximum absolute atomic E-state index is 11.9. The third kappa shape index (κ3) is 4.21. The fourth-order valence-electron chi connectivity index (χ4n) is 2.02. The summed E-state index contributed by atoms with van der Waals surface area (Å²) in [6.45, 7) is 1.70. The van der Waals surface area contributed by atoms with Gasteiger partial charge in [-0.3, -0.25) is 4.79 Å². The van der Waals surface area contributed by atoms with E-state index in [0.29, 0.717) is 22.0 Å². The van der Waals surface area contributed by atoms with Crippen molar-refractivity contribution in [2.75, 3.05) is 0 Å². The number of hydrazone groups is 1. The minimum Gasteiger partial charge on any atom is -0.469 e. The molecule has 126 valence electrons. The number of nitrogens with one attached hydrogen (secondary N) is 1. The lowest BCUT2D eigenvalue weighted by atomic mass is 10.2. The Morgan fingerprint density at radius 3 is 2.64 bits per heavy atom. The number of hydrogen-bond donors (Lipinski definition) is 1. The summed E-state index contributed by atoms with van der Waals surface area (Å²) in [6, 6.07) is 11.9. The maximum atomic E-state index is 11.9. The summed E-state index contributed by atoms with van der Waals surface area (Å²) in [5, 5.41) is 5.71. The summed E-state index contributed by atoms with van der Waals surface area (Å²) in [6.07, 6.45) is 2.95. The van der Waals surface area contributed by atoms with Crippen LogP contribution in [-0.4, -0.2) is 18.1 Å². The van der Waals surface area contributed by atoms with E-state index >= 15 is 0 Å². The number of benzene rings is 1. The van der Waals surface area contributed by atoms with Crippen molar-refractivity contribution < 1.29 is 18.7 Å². The van der Waals surface area contributed by atoms with E-state index in [9.17, 15) is 9.59 Å². The normalized spacial score (nSPS) is 10.8. The number of esters is 1. The van der Waals surface area contributed by atoms with Crippen LogP contribution in [0.15, 0.2) is 63.6 Å². The predicted molar refractivity (Wildman–Crippen MR) is 94.2 cm³/mol. The Labute approximate surface area is 147 Å². The smallest absolute Gasteiger partial charge is 0.353 e. The number of ether oxygens (including phenoxy) is 1. The lowest BCUT2D eigenvalue weighted by molar-refractivity contribution is 0.0739. The molecule has 1 aromatic carbocycles. The van der Waals surface area contributed by atoms with Crippen LogP contribution in [0.25, 0.3) is 0 Å². The Morgan fingerprint density at radius 1 is 1.20 bits per heavy atom. The van der Waals surface area contributed by atoms with E-state index in [1.165, 1.54) is 23.8 Å². The monoisotopic (exact) mass is 354 g/mol. The summed E-state index contributed by atoms with van der Waals surface area (Å²) in [7, 11) is 0. The van der Waals surface area contributed by atoms with E-state index in [2.05, 4.69) is 10.5 Å². The summed E-state index contributed by atoms with van der Waals surface area (Å²) in [4.78, 5) is 24.3. The van der Waals surface area contributed by atoms with E-state index in [-0.39, 0.29) is 11.9 Å². The molecule has 1 amide bonds. The quantitative estimate of drug-likeness (QED) is 0.328. The van der Waals surface area contributed by atoms with Gasteiger partial charge in [-0.05, 0) is 54.3 Å². The van der Waals surface area contributed by atoms with Crippen LogP contribution in [0, 0.1) is 6.92 Å². The summed E-state index contributed by atoms with van der Waals surface area (Å²) >= 11 is 1.32. The largest absolute Gasteiger partial charge is 0.469 e. The van der Waals surface area contributed by atoms with E-state index in [1.54, 1.807) is 49.4 Å². The van der Waals surface area contributed by atoms with Crippen LogP contribution in [0.3, 0.4) is 0 Å². The number of rotatable bonds is 5. The highest BCUT2D eigenvalue weighted by atomic mass is 32.1. The molecule has 0 aliphatic carbocycles. The first-order valence-electron chi connectivity index (χ1n) is 7.37. The van der Waals surface area contributed by atoms with E-state index in [1.807, 2.05) is 5.38 Å². The molecule has 2 heterocycles. The molecule has 3 aromatic rings. The van der Waals surface area contributed by atoms with Gasteiger partial charge in [-0.2, -0.15) is 5.10 Å². The number of nitrogens with zero attached hydrogens (tertiary/aromatic N) is 1. The Kier molecular flexibility index (Phi) is 5.06. The van der Waals surface area contributed by atoms with E-state index in [0.717, 1.165) is 5.56 Å². The highest BCUT2D eigenvalue weighted by Gasteiger charge is 2.10. The second-order valence-electron chi connectivity index (χ2n) is 5.03. The van der Waals surface area contributed by atoms with Crippen LogP contribution in [0.4, 0.5) is 0 Å². The number of carbonyl (C=O) groups is 2. The minimum absolute atomic E-state index is 0.344. The summed E-state index contributed by atoms with van der Waals surface area (Å²) in [5.41, 5.74) is 3.61. The average Bonchev–Trinajstić information content (AvgIpc) is 3.28. The van der Waals surface area contributed by atoms with Crippen LogP contribution < -0.4 is 10.2 Å². The van der Waals surface area contributed by atoms with Gasteiger partial charge in [0.2, 0.25) is 0 Å². The molecule has 0 spiro atoms. The third-order valence-electron chi connectivity index (χ3n) is 3.30. The van der Waals surface area contributed by atoms with Gasteiger partial charge < -0.3 is 9.15 Å². The van der Waals surface area contributed by atoms with Crippen LogP contribution in [-0.2, 0) is 0 Å². The van der Waals surface area contributed by atoms with Crippen LogP contribution in [0.5, 0.6) is 5.75 Å². The zero-order valence-electron chi connectivity index (χ0n) is 13.3. The number of thiophene rings is 1. The second-order valence-corrected chi connectivity index (χ2v) is 5.97. The number of amides is 1. The van der Waals surface area contributed by atoms with Crippen LogP contribution in [0.2, 0.25) is 0 Å². The van der Waals surface area contributed by atoms with Crippen molar-refractivity contribution in [1.82, 2.24) is 5.43 Å². The Balaban J connectivity index is 1.56. The van der Waals surface area contributed by atoms with Crippen molar-refractivity contribution in [3.8, 4) is 5.75 Å². The van der Waals surface area contributed by atoms with Crippen molar-refractivity contribution in [2.24, 2.45) is 5.10 Å². The molecule has 2 aromatic heterocycles. The molecule has 0 bridgehead atoms. The molecule has 0 radical (unpaired) electrons. The molecule has 7 heteroatoms. The lowest BCUT2D eigenvalue weighted by Gasteiger charge is -2.03. The SMILES string of the molecule is Cc1occc1C(=O)NN=Cc1ccc(OC(=O)c2cccs2)cc1. The first kappa shape index (κ1) is 16.7.